The summed E-state index contributed by atoms with van der Waals surface area (Å²) < 4.78 is 11.9. The summed E-state index contributed by atoms with van der Waals surface area (Å²) in [6, 6.07) is 2.52. The van der Waals surface area contributed by atoms with Gasteiger partial charge in [-0.3, -0.25) is 4.79 Å². The lowest BCUT2D eigenvalue weighted by atomic mass is 9.96. The van der Waals surface area contributed by atoms with Crippen LogP contribution in [0.3, 0.4) is 0 Å². The molecule has 0 unspecified atom stereocenters. The van der Waals surface area contributed by atoms with Crippen LogP contribution in [0.15, 0.2) is 50.7 Å². The molecule has 0 spiro atoms. The van der Waals surface area contributed by atoms with Gasteiger partial charge in [0.1, 0.15) is 33.7 Å². The number of phenols is 3. The van der Waals surface area contributed by atoms with Crippen LogP contribution in [0, 0.1) is 0 Å². The van der Waals surface area contributed by atoms with E-state index in [1.54, 1.807) is 12.2 Å². The van der Waals surface area contributed by atoms with Crippen molar-refractivity contribution in [3.63, 3.8) is 0 Å². The van der Waals surface area contributed by atoms with E-state index in [9.17, 15) is 20.1 Å². The minimum Gasteiger partial charge on any atom is -0.507 e. The van der Waals surface area contributed by atoms with Crippen molar-refractivity contribution in [3.05, 3.63) is 62.9 Å². The SMILES string of the molecule is CC(C)=CCCC(C)=CCc1c(O)cc(O)c2c(=O)c3c4c(c(O)cc3oc12)OC(C)(C)C=C4. The maximum absolute atomic E-state index is 13.6. The number of phenolic OH excluding ortho intramolecular Hbond substituents is 3. The van der Waals surface area contributed by atoms with E-state index in [1.807, 2.05) is 26.8 Å². The Bertz CT molecular complexity index is 1450. The highest BCUT2D eigenvalue weighted by Gasteiger charge is 2.29. The number of allylic oxidation sites excluding steroid dienone is 4. The molecular weight excluding hydrogens is 432 g/mol. The summed E-state index contributed by atoms with van der Waals surface area (Å²) in [4.78, 5) is 13.6. The first-order chi connectivity index (χ1) is 16.0. The summed E-state index contributed by atoms with van der Waals surface area (Å²) in [5.41, 5.74) is 2.35. The van der Waals surface area contributed by atoms with Crippen molar-refractivity contribution >= 4 is 28.0 Å². The van der Waals surface area contributed by atoms with Gasteiger partial charge < -0.3 is 24.5 Å². The van der Waals surface area contributed by atoms with Gasteiger partial charge in [0, 0.05) is 23.3 Å². The van der Waals surface area contributed by atoms with Crippen molar-refractivity contribution in [1.82, 2.24) is 0 Å². The Morgan fingerprint density at radius 3 is 2.44 bits per heavy atom. The summed E-state index contributed by atoms with van der Waals surface area (Å²) in [5.74, 6) is -0.476. The second kappa shape index (κ2) is 8.60. The van der Waals surface area contributed by atoms with E-state index < -0.39 is 11.0 Å². The molecule has 0 saturated carbocycles. The number of rotatable bonds is 5. The zero-order valence-electron chi connectivity index (χ0n) is 20.2. The molecule has 0 atom stereocenters. The summed E-state index contributed by atoms with van der Waals surface area (Å²) in [7, 11) is 0. The third-order valence-electron chi connectivity index (χ3n) is 6.03. The molecule has 6 nitrogen and oxygen atoms in total. The van der Waals surface area contributed by atoms with Crippen LogP contribution in [-0.2, 0) is 6.42 Å². The topological polar surface area (TPSA) is 100 Å². The minimum absolute atomic E-state index is 0.0120. The van der Waals surface area contributed by atoms with E-state index in [-0.39, 0.29) is 44.9 Å². The second-order valence-corrected chi connectivity index (χ2v) is 9.65. The Morgan fingerprint density at radius 2 is 1.74 bits per heavy atom. The molecule has 1 aliphatic heterocycles. The van der Waals surface area contributed by atoms with Crippen LogP contribution in [0.1, 0.15) is 58.6 Å². The Hall–Kier alpha value is -3.67. The molecule has 0 bridgehead atoms. The zero-order valence-corrected chi connectivity index (χ0v) is 20.2. The quantitative estimate of drug-likeness (QED) is 0.296. The molecule has 0 radical (unpaired) electrons. The molecular formula is C28H30O6. The van der Waals surface area contributed by atoms with E-state index >= 15 is 0 Å². The first kappa shape index (κ1) is 23.5. The monoisotopic (exact) mass is 462 g/mol. The van der Waals surface area contributed by atoms with Crippen LogP contribution in [0.4, 0.5) is 0 Å². The second-order valence-electron chi connectivity index (χ2n) is 9.65. The van der Waals surface area contributed by atoms with Crippen LogP contribution in [0.2, 0.25) is 0 Å². The first-order valence-corrected chi connectivity index (χ1v) is 11.4. The molecule has 2 aromatic carbocycles. The van der Waals surface area contributed by atoms with Crippen molar-refractivity contribution < 1.29 is 24.5 Å². The highest BCUT2D eigenvalue weighted by Crippen LogP contribution is 2.44. The average Bonchev–Trinajstić information content (AvgIpc) is 2.72. The lowest BCUT2D eigenvalue weighted by Gasteiger charge is -2.28. The van der Waals surface area contributed by atoms with Crippen molar-refractivity contribution in [2.75, 3.05) is 0 Å². The van der Waals surface area contributed by atoms with E-state index in [0.29, 0.717) is 17.5 Å². The molecule has 34 heavy (non-hydrogen) atoms. The number of hydrogen-bond donors (Lipinski definition) is 3. The number of hydrogen-bond acceptors (Lipinski definition) is 6. The average molecular weight is 463 g/mol. The van der Waals surface area contributed by atoms with E-state index in [2.05, 4.69) is 19.9 Å². The van der Waals surface area contributed by atoms with Gasteiger partial charge in [0.05, 0.1) is 5.39 Å². The van der Waals surface area contributed by atoms with Crippen molar-refractivity contribution in [1.29, 1.82) is 0 Å². The van der Waals surface area contributed by atoms with Gasteiger partial charge in [0.15, 0.2) is 11.5 Å². The Kier molecular flexibility index (Phi) is 5.94. The number of benzene rings is 2. The molecule has 178 valence electrons. The van der Waals surface area contributed by atoms with Gasteiger partial charge in [0.2, 0.25) is 5.43 Å². The molecule has 3 N–H and O–H groups in total. The van der Waals surface area contributed by atoms with E-state index in [1.165, 1.54) is 17.7 Å². The Morgan fingerprint density at radius 1 is 1.00 bits per heavy atom. The molecule has 0 aliphatic carbocycles. The van der Waals surface area contributed by atoms with E-state index in [4.69, 9.17) is 9.15 Å². The number of fused-ring (bicyclic) bond motifs is 4. The highest BCUT2D eigenvalue weighted by molar-refractivity contribution is 6.01. The lowest BCUT2D eigenvalue weighted by molar-refractivity contribution is 0.153. The molecule has 4 rings (SSSR count). The maximum Gasteiger partial charge on any atom is 0.205 e. The summed E-state index contributed by atoms with van der Waals surface area (Å²) in [6.07, 6.45) is 9.79. The molecule has 1 aliphatic rings. The summed E-state index contributed by atoms with van der Waals surface area (Å²) in [5, 5.41) is 31.9. The Balaban J connectivity index is 1.89. The largest absolute Gasteiger partial charge is 0.507 e. The maximum atomic E-state index is 13.6. The number of aromatic hydroxyl groups is 3. The van der Waals surface area contributed by atoms with Gasteiger partial charge in [-0.1, -0.05) is 29.4 Å². The van der Waals surface area contributed by atoms with Crippen molar-refractivity contribution in [2.24, 2.45) is 0 Å². The zero-order chi connectivity index (χ0) is 24.8. The molecule has 0 fully saturated rings. The van der Waals surface area contributed by atoms with Crippen LogP contribution in [0.25, 0.3) is 28.0 Å². The predicted octanol–water partition coefficient (Wildman–Crippen LogP) is 6.48. The lowest BCUT2D eigenvalue weighted by Crippen LogP contribution is -2.28. The van der Waals surface area contributed by atoms with Crippen molar-refractivity contribution in [3.8, 4) is 23.0 Å². The van der Waals surface area contributed by atoms with Crippen LogP contribution < -0.4 is 10.2 Å². The standard InChI is InChI=1S/C28H30O6/c1-15(2)7-6-8-16(3)9-10-17-19(29)13-20(30)24-25(32)23-18-11-12-28(4,5)34-26(18)21(31)14-22(23)33-27(17)24/h7,9,11-14,29-31H,6,8,10H2,1-5H3. The molecule has 0 saturated heterocycles. The number of ether oxygens (including phenoxy) is 1. The van der Waals surface area contributed by atoms with Gasteiger partial charge in [-0.05, 0) is 60.0 Å². The van der Waals surface area contributed by atoms with Gasteiger partial charge in [0.25, 0.3) is 0 Å². The fourth-order valence-corrected chi connectivity index (χ4v) is 4.21. The van der Waals surface area contributed by atoms with Gasteiger partial charge in [-0.2, -0.15) is 0 Å². The molecule has 0 amide bonds. The minimum atomic E-state index is -0.647. The Labute approximate surface area is 198 Å². The van der Waals surface area contributed by atoms with E-state index in [0.717, 1.165) is 18.4 Å². The van der Waals surface area contributed by atoms with Crippen molar-refractivity contribution in [2.45, 2.75) is 59.5 Å². The van der Waals surface area contributed by atoms with Gasteiger partial charge in [-0.15, -0.1) is 0 Å². The fourth-order valence-electron chi connectivity index (χ4n) is 4.21. The third kappa shape index (κ3) is 4.28. The normalized spacial score (nSPS) is 14.8. The molecule has 3 aromatic rings. The first-order valence-electron chi connectivity index (χ1n) is 11.4. The van der Waals surface area contributed by atoms with Gasteiger partial charge >= 0.3 is 0 Å². The molecule has 1 aromatic heterocycles. The summed E-state index contributed by atoms with van der Waals surface area (Å²) in [6.45, 7) is 9.82. The van der Waals surface area contributed by atoms with Crippen LogP contribution in [0.5, 0.6) is 23.0 Å². The predicted molar refractivity (Wildman–Crippen MR) is 135 cm³/mol. The third-order valence-corrected chi connectivity index (χ3v) is 6.03. The fraction of sp³-hybridized carbons (Fsp3) is 0.321. The smallest absolute Gasteiger partial charge is 0.205 e. The summed E-state index contributed by atoms with van der Waals surface area (Å²) >= 11 is 0. The molecule has 6 heteroatoms. The molecule has 2 heterocycles. The van der Waals surface area contributed by atoms with Gasteiger partial charge in [-0.25, -0.2) is 0 Å². The van der Waals surface area contributed by atoms with Crippen LogP contribution >= 0.6 is 0 Å². The highest BCUT2D eigenvalue weighted by atomic mass is 16.5. The van der Waals surface area contributed by atoms with Crippen LogP contribution in [-0.4, -0.2) is 20.9 Å².